The van der Waals surface area contributed by atoms with Gasteiger partial charge in [0, 0.05) is 17.3 Å². The molecule has 0 amide bonds. The fourth-order valence-electron chi connectivity index (χ4n) is 2.41. The van der Waals surface area contributed by atoms with Crippen LogP contribution >= 0.6 is 23.1 Å². The van der Waals surface area contributed by atoms with Crippen molar-refractivity contribution in [2.75, 3.05) is 5.32 Å². The van der Waals surface area contributed by atoms with Crippen molar-refractivity contribution >= 4 is 45.1 Å². The molecule has 128 valence electrons. The first kappa shape index (κ1) is 16.6. The minimum Gasteiger partial charge on any atom is -0.351 e. The standard InChI is InChI=1S/C17H12N2S2.C3H4N2/c1-3-8-14-12(6-1)18-16(20-14)10-5-11-17-19-13-7-2-4-9-15(13)21-17;1-2-5-3-4-1/h1-11,18H;1-3H,(H,4,5). The fraction of sp³-hybridized carbons (Fsp3) is 0. The van der Waals surface area contributed by atoms with Gasteiger partial charge in [-0.1, -0.05) is 42.1 Å². The van der Waals surface area contributed by atoms with Gasteiger partial charge in [0.1, 0.15) is 5.01 Å². The number of H-pyrrole nitrogens is 1. The molecular weight excluding hydrogens is 360 g/mol. The number of fused-ring (bicyclic) bond motifs is 2. The summed E-state index contributed by atoms with van der Waals surface area (Å²) < 4.78 is 1.23. The van der Waals surface area contributed by atoms with Crippen LogP contribution in [0.25, 0.3) is 16.3 Å². The highest BCUT2D eigenvalue weighted by Crippen LogP contribution is 2.40. The first-order chi connectivity index (χ1) is 12.9. The summed E-state index contributed by atoms with van der Waals surface area (Å²) in [5.74, 6) is 0. The summed E-state index contributed by atoms with van der Waals surface area (Å²) in [6.07, 6.45) is 11.3. The second kappa shape index (κ2) is 8.03. The molecule has 3 heterocycles. The van der Waals surface area contributed by atoms with Crippen LogP contribution in [0.1, 0.15) is 5.01 Å². The first-order valence-corrected chi connectivity index (χ1v) is 9.72. The van der Waals surface area contributed by atoms with Crippen molar-refractivity contribution in [1.29, 1.82) is 0 Å². The number of rotatable bonds is 2. The third-order valence-corrected chi connectivity index (χ3v) is 5.60. The molecule has 0 bridgehead atoms. The van der Waals surface area contributed by atoms with Crippen LogP contribution in [0.15, 0.2) is 89.3 Å². The molecule has 2 aromatic heterocycles. The Balaban J connectivity index is 0.000000292. The van der Waals surface area contributed by atoms with Crippen LogP contribution in [0.2, 0.25) is 0 Å². The third-order valence-electron chi connectivity index (χ3n) is 3.57. The molecule has 0 fully saturated rings. The predicted molar refractivity (Wildman–Crippen MR) is 111 cm³/mol. The van der Waals surface area contributed by atoms with Crippen molar-refractivity contribution < 1.29 is 0 Å². The first-order valence-electron chi connectivity index (χ1n) is 8.09. The van der Waals surface area contributed by atoms with Crippen molar-refractivity contribution in [3.63, 3.8) is 0 Å². The van der Waals surface area contributed by atoms with E-state index in [2.05, 4.69) is 62.8 Å². The van der Waals surface area contributed by atoms with Gasteiger partial charge in [0.25, 0.3) is 0 Å². The summed E-state index contributed by atoms with van der Waals surface area (Å²) in [7, 11) is 0. The topological polar surface area (TPSA) is 53.6 Å². The van der Waals surface area contributed by atoms with Gasteiger partial charge in [-0.3, -0.25) is 0 Å². The lowest BCUT2D eigenvalue weighted by Gasteiger charge is -1.95. The number of aromatic nitrogens is 3. The molecule has 1 aliphatic rings. The van der Waals surface area contributed by atoms with Crippen LogP contribution in [0.4, 0.5) is 5.69 Å². The molecule has 4 nitrogen and oxygen atoms in total. The maximum atomic E-state index is 4.59. The van der Waals surface area contributed by atoms with E-state index in [1.165, 1.54) is 15.3 Å². The summed E-state index contributed by atoms with van der Waals surface area (Å²) >= 11 is 3.47. The number of aromatic amines is 1. The second-order valence-corrected chi connectivity index (χ2v) is 7.54. The van der Waals surface area contributed by atoms with Crippen molar-refractivity contribution in [1.82, 2.24) is 15.0 Å². The number of para-hydroxylation sites is 2. The lowest BCUT2D eigenvalue weighted by molar-refractivity contribution is 1.31. The number of thiazole rings is 1. The average molecular weight is 377 g/mol. The molecule has 2 N–H and O–H groups in total. The van der Waals surface area contributed by atoms with E-state index in [1.54, 1.807) is 41.8 Å². The van der Waals surface area contributed by atoms with E-state index in [4.69, 9.17) is 0 Å². The summed E-state index contributed by atoms with van der Waals surface area (Å²) in [5.41, 5.74) is 2.25. The van der Waals surface area contributed by atoms with Gasteiger partial charge >= 0.3 is 0 Å². The molecule has 26 heavy (non-hydrogen) atoms. The Bertz CT molecular complexity index is 971. The number of anilines is 1. The summed E-state index contributed by atoms with van der Waals surface area (Å²) in [6.45, 7) is 0. The van der Waals surface area contributed by atoms with Gasteiger partial charge in [0.2, 0.25) is 0 Å². The molecule has 0 unspecified atom stereocenters. The molecular formula is C20H16N4S2. The molecule has 2 aromatic carbocycles. The van der Waals surface area contributed by atoms with Crippen molar-refractivity contribution in [2.45, 2.75) is 4.90 Å². The number of hydrogen-bond donors (Lipinski definition) is 2. The maximum absolute atomic E-state index is 4.59. The van der Waals surface area contributed by atoms with E-state index >= 15 is 0 Å². The smallest absolute Gasteiger partial charge is 0.117 e. The molecule has 0 atom stereocenters. The normalized spacial score (nSPS) is 14.2. The van der Waals surface area contributed by atoms with Crippen LogP contribution in [-0.2, 0) is 0 Å². The van der Waals surface area contributed by atoms with Gasteiger partial charge in [-0.05, 0) is 36.4 Å². The van der Waals surface area contributed by atoms with Gasteiger partial charge in [0.05, 0.1) is 27.3 Å². The minimum absolute atomic E-state index is 1.04. The molecule has 0 radical (unpaired) electrons. The third kappa shape index (κ3) is 4.04. The SMILES string of the molecule is C(=Cc1nc2ccccc2s1)C=C1Nc2ccccc2S1.c1c[nH]cn1. The van der Waals surface area contributed by atoms with Crippen molar-refractivity contribution in [3.05, 3.63) is 89.4 Å². The monoisotopic (exact) mass is 376 g/mol. The minimum atomic E-state index is 1.04. The van der Waals surface area contributed by atoms with E-state index in [9.17, 15) is 0 Å². The number of nitrogens with one attached hydrogen (secondary N) is 2. The second-order valence-electron chi connectivity index (χ2n) is 5.39. The molecule has 0 saturated carbocycles. The Morgan fingerprint density at radius 2 is 1.88 bits per heavy atom. The van der Waals surface area contributed by atoms with Crippen LogP contribution in [0.3, 0.4) is 0 Å². The molecule has 0 spiro atoms. The molecule has 0 saturated heterocycles. The van der Waals surface area contributed by atoms with Gasteiger partial charge < -0.3 is 10.3 Å². The van der Waals surface area contributed by atoms with Gasteiger partial charge in [-0.2, -0.15) is 0 Å². The Labute approximate surface area is 159 Å². The zero-order valence-electron chi connectivity index (χ0n) is 13.8. The number of allylic oxidation sites excluding steroid dienone is 2. The Kier molecular flexibility index (Phi) is 5.14. The number of thioether (sulfide) groups is 1. The largest absolute Gasteiger partial charge is 0.351 e. The highest BCUT2D eigenvalue weighted by atomic mass is 32.2. The van der Waals surface area contributed by atoms with Crippen LogP contribution in [-0.4, -0.2) is 15.0 Å². The van der Waals surface area contributed by atoms with Gasteiger partial charge in [0.15, 0.2) is 0 Å². The zero-order chi connectivity index (χ0) is 17.6. The van der Waals surface area contributed by atoms with E-state index in [1.807, 2.05) is 24.3 Å². The summed E-state index contributed by atoms with van der Waals surface area (Å²) in [5, 5.41) is 5.59. The Morgan fingerprint density at radius 3 is 2.65 bits per heavy atom. The van der Waals surface area contributed by atoms with Crippen molar-refractivity contribution in [3.8, 4) is 0 Å². The number of benzene rings is 2. The number of hydrogen-bond acceptors (Lipinski definition) is 5. The summed E-state index contributed by atoms with van der Waals surface area (Å²) in [6, 6.07) is 16.6. The zero-order valence-corrected chi connectivity index (χ0v) is 15.4. The Hall–Kier alpha value is -2.83. The summed E-state index contributed by atoms with van der Waals surface area (Å²) in [4.78, 5) is 12.3. The molecule has 6 heteroatoms. The Morgan fingerprint density at radius 1 is 1.00 bits per heavy atom. The fourth-order valence-corrected chi connectivity index (χ4v) is 4.21. The number of imidazole rings is 1. The van der Waals surface area contributed by atoms with E-state index in [0.29, 0.717) is 0 Å². The lowest BCUT2D eigenvalue weighted by Crippen LogP contribution is -1.86. The quantitative estimate of drug-likeness (QED) is 0.466. The average Bonchev–Trinajstić information content (AvgIpc) is 3.42. The molecule has 5 rings (SSSR count). The highest BCUT2D eigenvalue weighted by molar-refractivity contribution is 8.03. The van der Waals surface area contributed by atoms with Gasteiger partial charge in [-0.15, -0.1) is 11.3 Å². The van der Waals surface area contributed by atoms with E-state index in [-0.39, 0.29) is 0 Å². The van der Waals surface area contributed by atoms with Crippen LogP contribution in [0.5, 0.6) is 0 Å². The van der Waals surface area contributed by atoms with Crippen LogP contribution < -0.4 is 5.32 Å². The lowest BCUT2D eigenvalue weighted by atomic mass is 10.3. The van der Waals surface area contributed by atoms with E-state index in [0.717, 1.165) is 15.6 Å². The molecule has 4 aromatic rings. The van der Waals surface area contributed by atoms with Crippen LogP contribution in [0, 0.1) is 0 Å². The van der Waals surface area contributed by atoms with E-state index < -0.39 is 0 Å². The molecule has 0 aliphatic carbocycles. The maximum Gasteiger partial charge on any atom is 0.117 e. The predicted octanol–water partition coefficient (Wildman–Crippen LogP) is 5.78. The number of nitrogens with zero attached hydrogens (tertiary/aromatic N) is 2. The highest BCUT2D eigenvalue weighted by Gasteiger charge is 2.13. The van der Waals surface area contributed by atoms with Crippen molar-refractivity contribution in [2.24, 2.45) is 0 Å². The van der Waals surface area contributed by atoms with Gasteiger partial charge in [-0.25, -0.2) is 9.97 Å². The molecule has 1 aliphatic heterocycles.